The lowest BCUT2D eigenvalue weighted by atomic mass is 9.80. The van der Waals surface area contributed by atoms with E-state index < -0.39 is 23.8 Å². The standard InChI is InChI=1S/C31H34N4O6/c1-6-39-30(37)27-19(4)33-20(5)28(31(38)40-7-2)29(27)21-12-14-22(15-13-21)41-17-26(36)35-34-18(3)24-16-32-25-11-9-8-10-23(24)25/h8-16,29,32-33H,6-7,17H2,1-5H3,(H,35,36)/b34-18+. The van der Waals surface area contributed by atoms with Crippen molar-refractivity contribution in [2.75, 3.05) is 19.8 Å². The maximum atomic E-state index is 12.9. The van der Waals surface area contributed by atoms with Gasteiger partial charge in [0.25, 0.3) is 5.91 Å². The van der Waals surface area contributed by atoms with Gasteiger partial charge < -0.3 is 24.5 Å². The fraction of sp³-hybridized carbons (Fsp3) is 0.290. The summed E-state index contributed by atoms with van der Waals surface area (Å²) >= 11 is 0. The molecule has 0 unspecified atom stereocenters. The van der Waals surface area contributed by atoms with Crippen molar-refractivity contribution in [1.82, 2.24) is 15.7 Å². The number of hydrazone groups is 1. The summed E-state index contributed by atoms with van der Waals surface area (Å²) in [6, 6.07) is 14.7. The molecule has 0 spiro atoms. The first-order valence-electron chi connectivity index (χ1n) is 13.4. The first-order valence-corrected chi connectivity index (χ1v) is 13.4. The number of dihydropyridines is 1. The van der Waals surface area contributed by atoms with Gasteiger partial charge in [-0.15, -0.1) is 0 Å². The zero-order chi connectivity index (χ0) is 29.5. The Morgan fingerprint density at radius 2 is 1.51 bits per heavy atom. The minimum atomic E-state index is -0.700. The Morgan fingerprint density at radius 3 is 2.12 bits per heavy atom. The number of amides is 1. The zero-order valence-corrected chi connectivity index (χ0v) is 23.8. The molecule has 2 aromatic carbocycles. The quantitative estimate of drug-likeness (QED) is 0.190. The number of aromatic nitrogens is 1. The third-order valence-electron chi connectivity index (χ3n) is 6.66. The van der Waals surface area contributed by atoms with E-state index in [9.17, 15) is 14.4 Å². The van der Waals surface area contributed by atoms with Gasteiger partial charge in [-0.05, 0) is 58.4 Å². The Kier molecular flexibility index (Phi) is 9.23. The molecule has 0 saturated carbocycles. The third-order valence-corrected chi connectivity index (χ3v) is 6.66. The monoisotopic (exact) mass is 558 g/mol. The van der Waals surface area contributed by atoms with Crippen LogP contribution in [0.5, 0.6) is 5.75 Å². The summed E-state index contributed by atoms with van der Waals surface area (Å²) in [4.78, 5) is 41.5. The number of carbonyl (C=O) groups is 3. The van der Waals surface area contributed by atoms with Gasteiger partial charge in [-0.3, -0.25) is 4.79 Å². The number of allylic oxidation sites excluding steroid dienone is 2. The molecule has 10 nitrogen and oxygen atoms in total. The van der Waals surface area contributed by atoms with Crippen LogP contribution in [0.4, 0.5) is 0 Å². The summed E-state index contributed by atoms with van der Waals surface area (Å²) in [6.07, 6.45) is 1.85. The number of H-pyrrole nitrogens is 1. The Hall–Kier alpha value is -4.86. The Balaban J connectivity index is 1.47. The number of carbonyl (C=O) groups excluding carboxylic acids is 3. The van der Waals surface area contributed by atoms with Crippen LogP contribution in [-0.4, -0.2) is 48.4 Å². The van der Waals surface area contributed by atoms with Crippen LogP contribution in [0, 0.1) is 0 Å². The van der Waals surface area contributed by atoms with E-state index in [0.717, 1.165) is 16.5 Å². The van der Waals surface area contributed by atoms with E-state index in [1.807, 2.05) is 37.4 Å². The van der Waals surface area contributed by atoms with Crippen LogP contribution in [0.25, 0.3) is 10.9 Å². The summed E-state index contributed by atoms with van der Waals surface area (Å²) in [5.41, 5.74) is 7.59. The average Bonchev–Trinajstić information content (AvgIpc) is 3.39. The van der Waals surface area contributed by atoms with Gasteiger partial charge in [-0.25, -0.2) is 15.0 Å². The van der Waals surface area contributed by atoms with E-state index in [-0.39, 0.29) is 19.8 Å². The number of benzene rings is 2. The molecule has 0 aliphatic carbocycles. The Bertz CT molecular complexity index is 1510. The average molecular weight is 559 g/mol. The minimum absolute atomic E-state index is 0.194. The SMILES string of the molecule is CCOC(=O)C1=C(C)NC(C)=C(C(=O)OCC)C1c1ccc(OCC(=O)N/N=C(\C)c2c[nH]c3ccccc23)cc1. The molecule has 0 fully saturated rings. The van der Waals surface area contributed by atoms with E-state index in [4.69, 9.17) is 14.2 Å². The highest BCUT2D eigenvalue weighted by Crippen LogP contribution is 2.39. The summed E-state index contributed by atoms with van der Waals surface area (Å²) < 4.78 is 16.3. The highest BCUT2D eigenvalue weighted by atomic mass is 16.5. The lowest BCUT2D eigenvalue weighted by molar-refractivity contribution is -0.139. The van der Waals surface area contributed by atoms with E-state index in [1.54, 1.807) is 52.0 Å². The van der Waals surface area contributed by atoms with E-state index in [0.29, 0.717) is 39.6 Å². The first kappa shape index (κ1) is 29.1. The molecule has 1 aromatic heterocycles. The first-order chi connectivity index (χ1) is 19.7. The van der Waals surface area contributed by atoms with Gasteiger partial charge in [0.15, 0.2) is 6.61 Å². The van der Waals surface area contributed by atoms with Gasteiger partial charge in [0, 0.05) is 34.1 Å². The normalized spacial score (nSPS) is 14.1. The largest absolute Gasteiger partial charge is 0.484 e. The summed E-state index contributed by atoms with van der Waals surface area (Å²) in [5.74, 6) is -1.71. The molecule has 1 aliphatic rings. The van der Waals surface area contributed by atoms with Crippen molar-refractivity contribution in [1.29, 1.82) is 0 Å². The second kappa shape index (κ2) is 13.0. The number of nitrogens with one attached hydrogen (secondary N) is 3. The van der Waals surface area contributed by atoms with Crippen molar-refractivity contribution >= 4 is 34.5 Å². The van der Waals surface area contributed by atoms with Gasteiger partial charge in [-0.2, -0.15) is 5.10 Å². The van der Waals surface area contributed by atoms with Gasteiger partial charge >= 0.3 is 11.9 Å². The molecule has 2 heterocycles. The molecule has 1 amide bonds. The number of para-hydroxylation sites is 1. The molecule has 41 heavy (non-hydrogen) atoms. The number of hydrogen-bond donors (Lipinski definition) is 3. The highest BCUT2D eigenvalue weighted by molar-refractivity contribution is 6.09. The maximum Gasteiger partial charge on any atom is 0.336 e. The van der Waals surface area contributed by atoms with Crippen LogP contribution in [-0.2, 0) is 23.9 Å². The van der Waals surface area contributed by atoms with Crippen LogP contribution >= 0.6 is 0 Å². The molecule has 0 radical (unpaired) electrons. The van der Waals surface area contributed by atoms with Crippen molar-refractivity contribution in [2.45, 2.75) is 40.5 Å². The molecular weight excluding hydrogens is 524 g/mol. The summed E-state index contributed by atoms with van der Waals surface area (Å²) in [7, 11) is 0. The van der Waals surface area contributed by atoms with Crippen molar-refractivity contribution in [3.8, 4) is 5.75 Å². The molecular formula is C31H34N4O6. The van der Waals surface area contributed by atoms with Crippen molar-refractivity contribution in [3.63, 3.8) is 0 Å². The summed E-state index contributed by atoms with van der Waals surface area (Å²) in [6.45, 7) is 8.94. The maximum absolute atomic E-state index is 12.9. The Morgan fingerprint density at radius 1 is 0.902 bits per heavy atom. The third kappa shape index (κ3) is 6.49. The Labute approximate surface area is 238 Å². The van der Waals surface area contributed by atoms with Gasteiger partial charge in [0.2, 0.25) is 0 Å². The molecule has 0 atom stereocenters. The smallest absolute Gasteiger partial charge is 0.336 e. The molecule has 3 N–H and O–H groups in total. The summed E-state index contributed by atoms with van der Waals surface area (Å²) in [5, 5.41) is 8.34. The predicted octanol–water partition coefficient (Wildman–Crippen LogP) is 4.45. The van der Waals surface area contributed by atoms with Gasteiger partial charge in [0.1, 0.15) is 5.75 Å². The predicted molar refractivity (Wildman–Crippen MR) is 155 cm³/mol. The number of fused-ring (bicyclic) bond motifs is 1. The van der Waals surface area contributed by atoms with E-state index >= 15 is 0 Å². The number of rotatable bonds is 10. The topological polar surface area (TPSA) is 131 Å². The molecule has 4 rings (SSSR count). The van der Waals surface area contributed by atoms with Crippen LogP contribution in [0.15, 0.2) is 82.4 Å². The zero-order valence-electron chi connectivity index (χ0n) is 23.8. The molecule has 10 heteroatoms. The lowest BCUT2D eigenvalue weighted by Crippen LogP contribution is -2.32. The highest BCUT2D eigenvalue weighted by Gasteiger charge is 2.37. The molecule has 0 bridgehead atoms. The molecule has 214 valence electrons. The second-order valence-corrected chi connectivity index (χ2v) is 9.41. The minimum Gasteiger partial charge on any atom is -0.484 e. The van der Waals surface area contributed by atoms with Crippen LogP contribution in [0.1, 0.15) is 51.7 Å². The lowest BCUT2D eigenvalue weighted by Gasteiger charge is -2.30. The molecule has 3 aromatic rings. The number of aromatic amines is 1. The van der Waals surface area contributed by atoms with Crippen molar-refractivity contribution < 1.29 is 28.6 Å². The van der Waals surface area contributed by atoms with Crippen molar-refractivity contribution in [2.24, 2.45) is 5.10 Å². The van der Waals surface area contributed by atoms with E-state index in [1.165, 1.54) is 0 Å². The van der Waals surface area contributed by atoms with Gasteiger partial charge in [0.05, 0.1) is 36.0 Å². The van der Waals surface area contributed by atoms with Crippen LogP contribution < -0.4 is 15.5 Å². The van der Waals surface area contributed by atoms with Crippen molar-refractivity contribution in [3.05, 3.63) is 88.4 Å². The fourth-order valence-electron chi connectivity index (χ4n) is 4.80. The number of esters is 2. The number of nitrogens with zero attached hydrogens (tertiary/aromatic N) is 1. The fourth-order valence-corrected chi connectivity index (χ4v) is 4.80. The number of ether oxygens (including phenoxy) is 3. The van der Waals surface area contributed by atoms with Gasteiger partial charge in [-0.1, -0.05) is 30.3 Å². The van der Waals surface area contributed by atoms with Crippen LogP contribution in [0.2, 0.25) is 0 Å². The van der Waals surface area contributed by atoms with E-state index in [2.05, 4.69) is 20.8 Å². The second-order valence-electron chi connectivity index (χ2n) is 9.41. The van der Waals surface area contributed by atoms with Crippen LogP contribution in [0.3, 0.4) is 0 Å². The number of hydrogen-bond acceptors (Lipinski definition) is 8. The molecule has 0 saturated heterocycles. The molecule has 1 aliphatic heterocycles.